The number of aromatic nitrogens is 2. The maximum atomic E-state index is 13.7. The van der Waals surface area contributed by atoms with Crippen molar-refractivity contribution in [2.24, 2.45) is 0 Å². The van der Waals surface area contributed by atoms with E-state index < -0.39 is 5.82 Å². The SMILES string of the molecule is CCN(CC)CCCNC(=O)c1ccc(-c2nc3cc(Cl)c(F)cc3[nH]2)c(OC)c1. The van der Waals surface area contributed by atoms with E-state index in [0.29, 0.717) is 40.3 Å². The number of rotatable bonds is 9. The topological polar surface area (TPSA) is 70.2 Å². The average Bonchev–Trinajstić information content (AvgIpc) is 3.15. The summed E-state index contributed by atoms with van der Waals surface area (Å²) >= 11 is 5.84. The van der Waals surface area contributed by atoms with Gasteiger partial charge in [-0.2, -0.15) is 0 Å². The third-order valence-electron chi connectivity index (χ3n) is 5.07. The second kappa shape index (κ2) is 9.91. The monoisotopic (exact) mass is 432 g/mol. The van der Waals surface area contributed by atoms with E-state index >= 15 is 0 Å². The van der Waals surface area contributed by atoms with E-state index in [1.54, 1.807) is 18.2 Å². The maximum Gasteiger partial charge on any atom is 0.251 e. The highest BCUT2D eigenvalue weighted by Crippen LogP contribution is 2.31. The fourth-order valence-electron chi connectivity index (χ4n) is 3.31. The van der Waals surface area contributed by atoms with Crippen molar-refractivity contribution in [2.45, 2.75) is 20.3 Å². The van der Waals surface area contributed by atoms with Gasteiger partial charge in [-0.25, -0.2) is 9.37 Å². The molecule has 0 aliphatic carbocycles. The van der Waals surface area contributed by atoms with Crippen LogP contribution >= 0.6 is 11.6 Å². The number of benzene rings is 2. The summed E-state index contributed by atoms with van der Waals surface area (Å²) in [7, 11) is 1.53. The number of nitrogens with one attached hydrogen (secondary N) is 2. The summed E-state index contributed by atoms with van der Waals surface area (Å²) in [5.41, 5.74) is 2.25. The van der Waals surface area contributed by atoms with Crippen molar-refractivity contribution in [2.75, 3.05) is 33.3 Å². The molecule has 0 aliphatic rings. The lowest BCUT2D eigenvalue weighted by atomic mass is 10.1. The molecule has 0 saturated carbocycles. The van der Waals surface area contributed by atoms with Gasteiger partial charge in [-0.3, -0.25) is 4.79 Å². The van der Waals surface area contributed by atoms with Crippen LogP contribution in [0.5, 0.6) is 5.75 Å². The van der Waals surface area contributed by atoms with Crippen LogP contribution in [0.2, 0.25) is 5.02 Å². The van der Waals surface area contributed by atoms with E-state index in [4.69, 9.17) is 16.3 Å². The number of nitrogens with zero attached hydrogens (tertiary/aromatic N) is 2. The molecule has 1 amide bonds. The standard InChI is InChI=1S/C22H26ClFN4O2/c1-4-28(5-2)10-6-9-25-22(29)14-7-8-15(20(11-14)30-3)21-26-18-12-16(23)17(24)13-19(18)27-21/h7-8,11-13H,4-6,9-10H2,1-3H3,(H,25,29)(H,26,27). The van der Waals surface area contributed by atoms with Gasteiger partial charge in [0.05, 0.1) is 28.7 Å². The van der Waals surface area contributed by atoms with E-state index in [2.05, 4.69) is 34.0 Å². The molecule has 3 rings (SSSR count). The fraction of sp³-hybridized carbons (Fsp3) is 0.364. The number of H-pyrrole nitrogens is 1. The molecule has 160 valence electrons. The lowest BCUT2D eigenvalue weighted by Crippen LogP contribution is -2.29. The van der Waals surface area contributed by atoms with Crippen molar-refractivity contribution in [3.05, 3.63) is 46.7 Å². The highest BCUT2D eigenvalue weighted by Gasteiger charge is 2.15. The lowest BCUT2D eigenvalue weighted by Gasteiger charge is -2.17. The van der Waals surface area contributed by atoms with E-state index in [1.807, 2.05) is 0 Å². The quantitative estimate of drug-likeness (QED) is 0.489. The number of ether oxygens (including phenoxy) is 1. The van der Waals surface area contributed by atoms with Crippen LogP contribution in [0.4, 0.5) is 4.39 Å². The Morgan fingerprint density at radius 2 is 2.03 bits per heavy atom. The summed E-state index contributed by atoms with van der Waals surface area (Å²) in [6.45, 7) is 7.82. The molecule has 2 N–H and O–H groups in total. The van der Waals surface area contributed by atoms with Crippen LogP contribution in [0.15, 0.2) is 30.3 Å². The number of hydrogen-bond donors (Lipinski definition) is 2. The minimum Gasteiger partial charge on any atom is -0.496 e. The minimum atomic E-state index is -0.514. The van der Waals surface area contributed by atoms with Crippen LogP contribution in [-0.4, -0.2) is 54.1 Å². The number of fused-ring (bicyclic) bond motifs is 1. The van der Waals surface area contributed by atoms with Gasteiger partial charge in [-0.15, -0.1) is 0 Å². The Morgan fingerprint density at radius 3 is 2.73 bits per heavy atom. The number of imidazole rings is 1. The zero-order valence-electron chi connectivity index (χ0n) is 17.4. The molecule has 8 heteroatoms. The zero-order valence-corrected chi connectivity index (χ0v) is 18.1. The van der Waals surface area contributed by atoms with Crippen molar-refractivity contribution < 1.29 is 13.9 Å². The predicted octanol–water partition coefficient (Wildman–Crippen LogP) is 4.49. The summed E-state index contributed by atoms with van der Waals surface area (Å²) in [5, 5.41) is 2.96. The average molecular weight is 433 g/mol. The number of amides is 1. The minimum absolute atomic E-state index is 0.0144. The molecule has 0 unspecified atom stereocenters. The van der Waals surface area contributed by atoms with Crippen LogP contribution in [0.1, 0.15) is 30.6 Å². The molecule has 0 radical (unpaired) electrons. The van der Waals surface area contributed by atoms with Gasteiger partial charge in [-0.1, -0.05) is 25.4 Å². The first-order valence-electron chi connectivity index (χ1n) is 10.0. The van der Waals surface area contributed by atoms with Crippen molar-refractivity contribution in [3.8, 4) is 17.1 Å². The van der Waals surface area contributed by atoms with Gasteiger partial charge in [0.2, 0.25) is 0 Å². The Morgan fingerprint density at radius 1 is 1.27 bits per heavy atom. The lowest BCUT2D eigenvalue weighted by molar-refractivity contribution is 0.0951. The molecule has 0 bridgehead atoms. The second-order valence-corrected chi connectivity index (χ2v) is 7.33. The summed E-state index contributed by atoms with van der Waals surface area (Å²) in [5.74, 6) is 0.336. The Labute approximate surface area is 180 Å². The van der Waals surface area contributed by atoms with Gasteiger partial charge in [0.25, 0.3) is 5.91 Å². The Kier molecular flexibility index (Phi) is 7.29. The fourth-order valence-corrected chi connectivity index (χ4v) is 3.46. The smallest absolute Gasteiger partial charge is 0.251 e. The molecule has 1 aromatic heterocycles. The summed E-state index contributed by atoms with van der Waals surface area (Å²) < 4.78 is 19.2. The summed E-state index contributed by atoms with van der Waals surface area (Å²) in [4.78, 5) is 22.4. The molecular formula is C22H26ClFN4O2. The molecule has 6 nitrogen and oxygen atoms in total. The number of hydrogen-bond acceptors (Lipinski definition) is 4. The molecule has 0 aliphatic heterocycles. The second-order valence-electron chi connectivity index (χ2n) is 6.92. The van der Waals surface area contributed by atoms with Crippen molar-refractivity contribution in [3.63, 3.8) is 0 Å². The van der Waals surface area contributed by atoms with Crippen LogP contribution in [0.3, 0.4) is 0 Å². The first kappa shape index (κ1) is 22.1. The Hall–Kier alpha value is -2.64. The van der Waals surface area contributed by atoms with Crippen molar-refractivity contribution >= 4 is 28.5 Å². The highest BCUT2D eigenvalue weighted by molar-refractivity contribution is 6.31. The van der Waals surface area contributed by atoms with Gasteiger partial charge in [0, 0.05) is 18.2 Å². The number of methoxy groups -OCH3 is 1. The van der Waals surface area contributed by atoms with Gasteiger partial charge >= 0.3 is 0 Å². The summed E-state index contributed by atoms with van der Waals surface area (Å²) in [6, 6.07) is 7.94. The number of halogens is 2. The highest BCUT2D eigenvalue weighted by atomic mass is 35.5. The molecule has 0 spiro atoms. The normalized spacial score (nSPS) is 11.3. The molecule has 2 aromatic carbocycles. The van der Waals surface area contributed by atoms with Gasteiger partial charge in [0.15, 0.2) is 0 Å². The third-order valence-corrected chi connectivity index (χ3v) is 5.36. The van der Waals surface area contributed by atoms with Crippen LogP contribution < -0.4 is 10.1 Å². The largest absolute Gasteiger partial charge is 0.496 e. The maximum absolute atomic E-state index is 13.7. The third kappa shape index (κ3) is 4.91. The van der Waals surface area contributed by atoms with Gasteiger partial charge in [-0.05, 0) is 50.3 Å². The van der Waals surface area contributed by atoms with Crippen LogP contribution in [0.25, 0.3) is 22.4 Å². The van der Waals surface area contributed by atoms with Crippen molar-refractivity contribution in [1.82, 2.24) is 20.2 Å². The first-order chi connectivity index (χ1) is 14.5. The zero-order chi connectivity index (χ0) is 21.7. The van der Waals surface area contributed by atoms with Crippen LogP contribution in [-0.2, 0) is 0 Å². The molecule has 30 heavy (non-hydrogen) atoms. The first-order valence-corrected chi connectivity index (χ1v) is 10.4. The predicted molar refractivity (Wildman–Crippen MR) is 118 cm³/mol. The van der Waals surface area contributed by atoms with E-state index in [0.717, 1.165) is 26.1 Å². The van der Waals surface area contributed by atoms with Gasteiger partial charge < -0.3 is 19.9 Å². The number of carbonyl (C=O) groups excluding carboxylic acids is 1. The van der Waals surface area contributed by atoms with E-state index in [-0.39, 0.29) is 10.9 Å². The number of carbonyl (C=O) groups is 1. The number of aromatic amines is 1. The molecule has 0 fully saturated rings. The van der Waals surface area contributed by atoms with E-state index in [1.165, 1.54) is 19.2 Å². The molecular weight excluding hydrogens is 407 g/mol. The molecule has 3 aromatic rings. The molecule has 0 saturated heterocycles. The Bertz CT molecular complexity index is 994. The Balaban J connectivity index is 1.74. The van der Waals surface area contributed by atoms with E-state index in [9.17, 15) is 9.18 Å². The summed E-state index contributed by atoms with van der Waals surface area (Å²) in [6.07, 6.45) is 0.890. The van der Waals surface area contributed by atoms with Crippen LogP contribution in [0, 0.1) is 5.82 Å². The van der Waals surface area contributed by atoms with Crippen molar-refractivity contribution in [1.29, 1.82) is 0 Å². The van der Waals surface area contributed by atoms with Gasteiger partial charge in [0.1, 0.15) is 17.4 Å². The molecule has 1 heterocycles. The molecule has 0 atom stereocenters.